The molecule has 6 heteroatoms. The number of hydrogen-bond acceptors (Lipinski definition) is 6. The van der Waals surface area contributed by atoms with E-state index in [9.17, 15) is 0 Å². The molecule has 0 aliphatic heterocycles. The summed E-state index contributed by atoms with van der Waals surface area (Å²) < 4.78 is 5.55. The molecule has 0 atom stereocenters. The van der Waals surface area contributed by atoms with Crippen molar-refractivity contribution in [2.45, 2.75) is 25.4 Å². The van der Waals surface area contributed by atoms with E-state index in [1.165, 1.54) is 6.42 Å². The largest absolute Gasteiger partial charge is 0.460 e. The SMILES string of the molecule is CN(C)c1nc(N)nc(OC2CCC2)n1. The summed E-state index contributed by atoms with van der Waals surface area (Å²) in [6.07, 6.45) is 3.61. The van der Waals surface area contributed by atoms with Crippen LogP contribution in [0.15, 0.2) is 0 Å². The monoisotopic (exact) mass is 209 g/mol. The van der Waals surface area contributed by atoms with Crippen LogP contribution in [0, 0.1) is 0 Å². The van der Waals surface area contributed by atoms with Gasteiger partial charge in [0.25, 0.3) is 0 Å². The molecule has 0 radical (unpaired) electrons. The first-order chi connectivity index (χ1) is 7.15. The van der Waals surface area contributed by atoms with Gasteiger partial charge in [0.15, 0.2) is 0 Å². The third-order valence-electron chi connectivity index (χ3n) is 2.34. The summed E-state index contributed by atoms with van der Waals surface area (Å²) in [7, 11) is 3.70. The first kappa shape index (κ1) is 9.95. The van der Waals surface area contributed by atoms with Gasteiger partial charge in [-0.2, -0.15) is 15.0 Å². The van der Waals surface area contributed by atoms with Gasteiger partial charge in [-0.05, 0) is 19.3 Å². The number of aromatic nitrogens is 3. The van der Waals surface area contributed by atoms with Crippen LogP contribution in [0.4, 0.5) is 11.9 Å². The van der Waals surface area contributed by atoms with Crippen LogP contribution in [-0.4, -0.2) is 35.2 Å². The number of rotatable bonds is 3. The van der Waals surface area contributed by atoms with Crippen molar-refractivity contribution in [1.29, 1.82) is 0 Å². The smallest absolute Gasteiger partial charge is 0.323 e. The maximum Gasteiger partial charge on any atom is 0.323 e. The van der Waals surface area contributed by atoms with Gasteiger partial charge in [0.1, 0.15) is 6.10 Å². The van der Waals surface area contributed by atoms with Gasteiger partial charge >= 0.3 is 6.01 Å². The lowest BCUT2D eigenvalue weighted by Gasteiger charge is -2.25. The molecule has 1 aliphatic carbocycles. The van der Waals surface area contributed by atoms with Crippen molar-refractivity contribution in [2.24, 2.45) is 0 Å². The average molecular weight is 209 g/mol. The lowest BCUT2D eigenvalue weighted by atomic mass is 9.96. The fourth-order valence-corrected chi connectivity index (χ4v) is 1.25. The molecule has 1 aromatic heterocycles. The van der Waals surface area contributed by atoms with Crippen LogP contribution in [0.3, 0.4) is 0 Å². The lowest BCUT2D eigenvalue weighted by molar-refractivity contribution is 0.108. The van der Waals surface area contributed by atoms with Crippen LogP contribution in [0.1, 0.15) is 19.3 Å². The predicted octanol–water partition coefficient (Wildman–Crippen LogP) is 0.451. The molecule has 0 unspecified atom stereocenters. The van der Waals surface area contributed by atoms with Crippen molar-refractivity contribution in [3.8, 4) is 6.01 Å². The summed E-state index contributed by atoms with van der Waals surface area (Å²) in [5, 5.41) is 0. The van der Waals surface area contributed by atoms with E-state index in [1.54, 1.807) is 4.90 Å². The van der Waals surface area contributed by atoms with Crippen LogP contribution in [0.25, 0.3) is 0 Å². The summed E-state index contributed by atoms with van der Waals surface area (Å²) in [5.41, 5.74) is 5.56. The molecular formula is C9H15N5O. The first-order valence-corrected chi connectivity index (χ1v) is 5.00. The van der Waals surface area contributed by atoms with Gasteiger partial charge in [-0.3, -0.25) is 0 Å². The molecule has 0 bridgehead atoms. The third kappa shape index (κ3) is 2.26. The Kier molecular flexibility index (Phi) is 2.57. The summed E-state index contributed by atoms with van der Waals surface area (Å²) >= 11 is 0. The van der Waals surface area contributed by atoms with E-state index in [4.69, 9.17) is 10.5 Å². The Hall–Kier alpha value is -1.59. The summed E-state index contributed by atoms with van der Waals surface area (Å²) in [5.74, 6) is 0.722. The van der Waals surface area contributed by atoms with Gasteiger partial charge in [0, 0.05) is 14.1 Å². The molecule has 0 spiro atoms. The Morgan fingerprint density at radius 3 is 2.53 bits per heavy atom. The fourth-order valence-electron chi connectivity index (χ4n) is 1.25. The molecule has 1 fully saturated rings. The molecular weight excluding hydrogens is 194 g/mol. The van der Waals surface area contributed by atoms with Gasteiger partial charge in [0.2, 0.25) is 11.9 Å². The summed E-state index contributed by atoms with van der Waals surface area (Å²) in [6.45, 7) is 0. The summed E-state index contributed by atoms with van der Waals surface area (Å²) in [4.78, 5) is 13.9. The number of ether oxygens (including phenoxy) is 1. The van der Waals surface area contributed by atoms with Gasteiger partial charge in [-0.25, -0.2) is 0 Å². The maximum absolute atomic E-state index is 5.56. The fraction of sp³-hybridized carbons (Fsp3) is 0.667. The number of hydrogen-bond donors (Lipinski definition) is 1. The van der Waals surface area contributed by atoms with Gasteiger partial charge < -0.3 is 15.4 Å². The Labute approximate surface area is 88.5 Å². The van der Waals surface area contributed by atoms with Crippen molar-refractivity contribution in [1.82, 2.24) is 15.0 Å². The standard InChI is InChI=1S/C9H15N5O/c1-14(2)8-11-7(10)12-9(13-8)15-6-4-3-5-6/h6H,3-5H2,1-2H3,(H2,10,11,12,13). The van der Waals surface area contributed by atoms with Crippen molar-refractivity contribution in [3.05, 3.63) is 0 Å². The number of nitrogens with two attached hydrogens (primary N) is 1. The van der Waals surface area contributed by atoms with Gasteiger partial charge in [-0.15, -0.1) is 0 Å². The highest BCUT2D eigenvalue weighted by atomic mass is 16.5. The normalized spacial score (nSPS) is 15.9. The highest BCUT2D eigenvalue weighted by molar-refractivity contribution is 5.33. The highest BCUT2D eigenvalue weighted by Gasteiger charge is 2.21. The maximum atomic E-state index is 5.56. The zero-order chi connectivity index (χ0) is 10.8. The molecule has 0 aromatic carbocycles. The quantitative estimate of drug-likeness (QED) is 0.778. The predicted molar refractivity (Wildman–Crippen MR) is 56.8 cm³/mol. The molecule has 0 saturated heterocycles. The second-order valence-electron chi connectivity index (χ2n) is 3.84. The Balaban J connectivity index is 2.15. The lowest BCUT2D eigenvalue weighted by Crippen LogP contribution is -2.26. The summed E-state index contributed by atoms with van der Waals surface area (Å²) in [6, 6.07) is 0.330. The number of nitrogen functional groups attached to an aromatic ring is 1. The molecule has 15 heavy (non-hydrogen) atoms. The van der Waals surface area contributed by atoms with E-state index in [2.05, 4.69) is 15.0 Å². The molecule has 1 heterocycles. The zero-order valence-corrected chi connectivity index (χ0v) is 8.97. The molecule has 2 rings (SSSR count). The van der Waals surface area contributed by atoms with Gasteiger partial charge in [0.05, 0.1) is 0 Å². The van der Waals surface area contributed by atoms with Crippen LogP contribution in [-0.2, 0) is 0 Å². The van der Waals surface area contributed by atoms with E-state index in [1.807, 2.05) is 14.1 Å². The van der Waals surface area contributed by atoms with E-state index in [0.29, 0.717) is 12.0 Å². The molecule has 0 amide bonds. The molecule has 6 nitrogen and oxygen atoms in total. The molecule has 2 N–H and O–H groups in total. The van der Waals surface area contributed by atoms with E-state index in [0.717, 1.165) is 12.8 Å². The van der Waals surface area contributed by atoms with E-state index < -0.39 is 0 Å². The third-order valence-corrected chi connectivity index (χ3v) is 2.34. The van der Waals surface area contributed by atoms with Crippen molar-refractivity contribution >= 4 is 11.9 Å². The Morgan fingerprint density at radius 1 is 1.27 bits per heavy atom. The molecule has 82 valence electrons. The van der Waals surface area contributed by atoms with Crippen LogP contribution < -0.4 is 15.4 Å². The van der Waals surface area contributed by atoms with Crippen molar-refractivity contribution < 1.29 is 4.74 Å². The number of anilines is 2. The Bertz CT molecular complexity index is 350. The number of nitrogens with zero attached hydrogens (tertiary/aromatic N) is 4. The second-order valence-corrected chi connectivity index (χ2v) is 3.84. The second kappa shape index (κ2) is 3.88. The zero-order valence-electron chi connectivity index (χ0n) is 8.97. The minimum atomic E-state index is 0.197. The molecule has 1 aliphatic rings. The van der Waals surface area contributed by atoms with E-state index >= 15 is 0 Å². The average Bonchev–Trinajstić information content (AvgIpc) is 2.10. The topological polar surface area (TPSA) is 77.2 Å². The van der Waals surface area contributed by atoms with Crippen LogP contribution >= 0.6 is 0 Å². The van der Waals surface area contributed by atoms with Crippen molar-refractivity contribution in [2.75, 3.05) is 24.7 Å². The highest BCUT2D eigenvalue weighted by Crippen LogP contribution is 2.23. The van der Waals surface area contributed by atoms with E-state index in [-0.39, 0.29) is 12.1 Å². The van der Waals surface area contributed by atoms with Gasteiger partial charge in [-0.1, -0.05) is 0 Å². The Morgan fingerprint density at radius 2 is 2.00 bits per heavy atom. The first-order valence-electron chi connectivity index (χ1n) is 5.00. The molecule has 1 aromatic rings. The van der Waals surface area contributed by atoms with Crippen molar-refractivity contribution in [3.63, 3.8) is 0 Å². The molecule has 1 saturated carbocycles. The minimum absolute atomic E-state index is 0.197. The van der Waals surface area contributed by atoms with Crippen LogP contribution in [0.5, 0.6) is 6.01 Å². The van der Waals surface area contributed by atoms with Crippen LogP contribution in [0.2, 0.25) is 0 Å². The minimum Gasteiger partial charge on any atom is -0.460 e.